The third-order valence-electron chi connectivity index (χ3n) is 2.75. The Labute approximate surface area is 90.8 Å². The summed E-state index contributed by atoms with van der Waals surface area (Å²) in [5.41, 5.74) is 0.594. The number of rotatable bonds is 3. The monoisotopic (exact) mass is 257 g/mol. The van der Waals surface area contributed by atoms with Crippen molar-refractivity contribution in [2.75, 3.05) is 0 Å². The SMILES string of the molecule is Cn1nnc(Br)c1C(=O)CC1CCC1. The first-order chi connectivity index (χ1) is 6.68. The van der Waals surface area contributed by atoms with Gasteiger partial charge in [0, 0.05) is 13.5 Å². The van der Waals surface area contributed by atoms with Crippen LogP contribution in [-0.2, 0) is 7.05 Å². The Morgan fingerprint density at radius 2 is 2.36 bits per heavy atom. The maximum atomic E-state index is 11.8. The van der Waals surface area contributed by atoms with Crippen LogP contribution in [0.25, 0.3) is 0 Å². The van der Waals surface area contributed by atoms with E-state index in [1.165, 1.54) is 23.9 Å². The first kappa shape index (κ1) is 9.83. The van der Waals surface area contributed by atoms with E-state index in [-0.39, 0.29) is 5.78 Å². The first-order valence-electron chi connectivity index (χ1n) is 4.77. The Kier molecular flexibility index (Phi) is 2.67. The molecular formula is C9H12BrN3O. The second kappa shape index (κ2) is 3.81. The number of hydrogen-bond donors (Lipinski definition) is 0. The highest BCUT2D eigenvalue weighted by Gasteiger charge is 2.24. The molecule has 1 fully saturated rings. The standard InChI is InChI=1S/C9H12BrN3O/c1-13-8(9(10)11-12-13)7(14)5-6-3-2-4-6/h6H,2-5H2,1H3. The highest BCUT2D eigenvalue weighted by Crippen LogP contribution is 2.31. The van der Waals surface area contributed by atoms with Crippen molar-refractivity contribution in [1.82, 2.24) is 15.0 Å². The van der Waals surface area contributed by atoms with Crippen LogP contribution in [0, 0.1) is 5.92 Å². The molecule has 0 amide bonds. The molecule has 0 radical (unpaired) electrons. The number of halogens is 1. The maximum Gasteiger partial charge on any atom is 0.183 e. The Balaban J connectivity index is 2.09. The quantitative estimate of drug-likeness (QED) is 0.778. The molecule has 0 unspecified atom stereocenters. The lowest BCUT2D eigenvalue weighted by atomic mass is 9.81. The smallest absolute Gasteiger partial charge is 0.183 e. The minimum absolute atomic E-state index is 0.147. The Bertz CT molecular complexity index is 337. The summed E-state index contributed by atoms with van der Waals surface area (Å²) >= 11 is 3.23. The van der Waals surface area contributed by atoms with Gasteiger partial charge in [0.15, 0.2) is 10.4 Å². The van der Waals surface area contributed by atoms with Gasteiger partial charge in [-0.3, -0.25) is 4.79 Å². The second-order valence-corrected chi connectivity index (χ2v) is 4.53. The Morgan fingerprint density at radius 1 is 1.64 bits per heavy atom. The average molecular weight is 258 g/mol. The van der Waals surface area contributed by atoms with Gasteiger partial charge in [0.05, 0.1) is 0 Å². The minimum atomic E-state index is 0.147. The van der Waals surface area contributed by atoms with E-state index in [0.717, 1.165) is 0 Å². The highest BCUT2D eigenvalue weighted by molar-refractivity contribution is 9.10. The summed E-state index contributed by atoms with van der Waals surface area (Å²) in [6.45, 7) is 0. The third-order valence-corrected chi connectivity index (χ3v) is 3.28. The zero-order valence-corrected chi connectivity index (χ0v) is 9.62. The van der Waals surface area contributed by atoms with E-state index in [9.17, 15) is 4.79 Å². The van der Waals surface area contributed by atoms with Crippen molar-refractivity contribution in [2.24, 2.45) is 13.0 Å². The van der Waals surface area contributed by atoms with Crippen molar-refractivity contribution in [3.63, 3.8) is 0 Å². The van der Waals surface area contributed by atoms with Gasteiger partial charge in [-0.1, -0.05) is 24.5 Å². The topological polar surface area (TPSA) is 47.8 Å². The predicted octanol–water partition coefficient (Wildman–Crippen LogP) is 1.95. The third kappa shape index (κ3) is 1.73. The average Bonchev–Trinajstić information content (AvgIpc) is 2.39. The number of Topliss-reactive ketones (excluding diaryl/α,β-unsaturated/α-hetero) is 1. The van der Waals surface area contributed by atoms with Crippen molar-refractivity contribution in [3.8, 4) is 0 Å². The summed E-state index contributed by atoms with van der Waals surface area (Å²) in [4.78, 5) is 11.8. The Hall–Kier alpha value is -0.710. The lowest BCUT2D eigenvalue weighted by Crippen LogP contribution is -2.18. The highest BCUT2D eigenvalue weighted by atomic mass is 79.9. The fourth-order valence-electron chi connectivity index (χ4n) is 1.68. The summed E-state index contributed by atoms with van der Waals surface area (Å²) in [7, 11) is 1.74. The van der Waals surface area contributed by atoms with Gasteiger partial charge in [-0.25, -0.2) is 4.68 Å². The number of aryl methyl sites for hydroxylation is 1. The van der Waals surface area contributed by atoms with E-state index in [1.807, 2.05) is 0 Å². The number of aromatic nitrogens is 3. The molecule has 1 aromatic heterocycles. The number of nitrogens with zero attached hydrogens (tertiary/aromatic N) is 3. The summed E-state index contributed by atoms with van der Waals surface area (Å²) in [6.07, 6.45) is 4.28. The zero-order valence-electron chi connectivity index (χ0n) is 8.03. The van der Waals surface area contributed by atoms with Gasteiger partial charge in [0.25, 0.3) is 0 Å². The van der Waals surface area contributed by atoms with E-state index in [4.69, 9.17) is 0 Å². The van der Waals surface area contributed by atoms with E-state index in [2.05, 4.69) is 26.2 Å². The molecule has 1 saturated carbocycles. The molecule has 0 N–H and O–H groups in total. The largest absolute Gasteiger partial charge is 0.292 e. The van der Waals surface area contributed by atoms with Crippen molar-refractivity contribution in [2.45, 2.75) is 25.7 Å². The lowest BCUT2D eigenvalue weighted by Gasteiger charge is -2.24. The molecule has 0 spiro atoms. The van der Waals surface area contributed by atoms with E-state index >= 15 is 0 Å². The molecule has 0 bridgehead atoms. The summed E-state index contributed by atoms with van der Waals surface area (Å²) in [5.74, 6) is 0.735. The van der Waals surface area contributed by atoms with Crippen LogP contribution in [0.2, 0.25) is 0 Å². The summed E-state index contributed by atoms with van der Waals surface area (Å²) in [6, 6.07) is 0. The van der Waals surface area contributed by atoms with Crippen LogP contribution in [0.15, 0.2) is 4.60 Å². The molecule has 4 nitrogen and oxygen atoms in total. The van der Waals surface area contributed by atoms with E-state index in [1.54, 1.807) is 7.05 Å². The molecule has 76 valence electrons. The summed E-state index contributed by atoms with van der Waals surface area (Å²) < 4.78 is 2.09. The number of carbonyl (C=O) groups is 1. The molecule has 2 rings (SSSR count). The molecule has 1 heterocycles. The fraction of sp³-hybridized carbons (Fsp3) is 0.667. The van der Waals surface area contributed by atoms with Crippen LogP contribution in [0.5, 0.6) is 0 Å². The lowest BCUT2D eigenvalue weighted by molar-refractivity contribution is 0.0926. The van der Waals surface area contributed by atoms with Crippen molar-refractivity contribution in [1.29, 1.82) is 0 Å². The van der Waals surface area contributed by atoms with E-state index in [0.29, 0.717) is 22.6 Å². The predicted molar refractivity (Wildman–Crippen MR) is 55.0 cm³/mol. The zero-order chi connectivity index (χ0) is 10.1. The molecular weight excluding hydrogens is 246 g/mol. The molecule has 0 aromatic carbocycles. The van der Waals surface area contributed by atoms with Gasteiger partial charge in [0.1, 0.15) is 5.69 Å². The summed E-state index contributed by atoms with van der Waals surface area (Å²) in [5, 5.41) is 7.58. The molecule has 14 heavy (non-hydrogen) atoms. The molecule has 1 aromatic rings. The number of ketones is 1. The van der Waals surface area contributed by atoms with Crippen LogP contribution in [0.1, 0.15) is 36.2 Å². The Morgan fingerprint density at radius 3 is 2.79 bits per heavy atom. The van der Waals surface area contributed by atoms with Gasteiger partial charge in [0.2, 0.25) is 0 Å². The van der Waals surface area contributed by atoms with Crippen LogP contribution in [0.3, 0.4) is 0 Å². The van der Waals surface area contributed by atoms with Crippen LogP contribution in [0.4, 0.5) is 0 Å². The van der Waals surface area contributed by atoms with Gasteiger partial charge in [-0.2, -0.15) is 0 Å². The van der Waals surface area contributed by atoms with Gasteiger partial charge < -0.3 is 0 Å². The molecule has 5 heteroatoms. The maximum absolute atomic E-state index is 11.8. The number of carbonyl (C=O) groups excluding carboxylic acids is 1. The first-order valence-corrected chi connectivity index (χ1v) is 5.56. The molecule has 0 atom stereocenters. The van der Waals surface area contributed by atoms with Crippen LogP contribution in [-0.4, -0.2) is 20.8 Å². The number of hydrogen-bond acceptors (Lipinski definition) is 3. The molecule has 0 saturated heterocycles. The van der Waals surface area contributed by atoms with Crippen LogP contribution >= 0.6 is 15.9 Å². The van der Waals surface area contributed by atoms with Crippen LogP contribution < -0.4 is 0 Å². The second-order valence-electron chi connectivity index (χ2n) is 3.78. The molecule has 1 aliphatic rings. The van der Waals surface area contributed by atoms with Crippen molar-refractivity contribution in [3.05, 3.63) is 10.3 Å². The van der Waals surface area contributed by atoms with Gasteiger partial charge in [-0.15, -0.1) is 5.10 Å². The van der Waals surface area contributed by atoms with Crippen molar-refractivity contribution >= 4 is 21.7 Å². The molecule has 0 aliphatic heterocycles. The normalized spacial score (nSPS) is 16.7. The molecule has 1 aliphatic carbocycles. The van der Waals surface area contributed by atoms with Gasteiger partial charge >= 0.3 is 0 Å². The van der Waals surface area contributed by atoms with Crippen molar-refractivity contribution < 1.29 is 4.79 Å². The van der Waals surface area contributed by atoms with Gasteiger partial charge in [-0.05, 0) is 21.8 Å². The fourth-order valence-corrected chi connectivity index (χ4v) is 2.23. The minimum Gasteiger partial charge on any atom is -0.292 e. The van der Waals surface area contributed by atoms with E-state index < -0.39 is 0 Å².